The van der Waals surface area contributed by atoms with E-state index in [1.54, 1.807) is 0 Å². The van der Waals surface area contributed by atoms with E-state index >= 15 is 0 Å². The lowest BCUT2D eigenvalue weighted by atomic mass is 9.78. The Labute approximate surface area is 107 Å². The highest BCUT2D eigenvalue weighted by Gasteiger charge is 2.41. The molecule has 3 atom stereocenters. The third-order valence-corrected chi connectivity index (χ3v) is 4.33. The first-order chi connectivity index (χ1) is 8.59. The van der Waals surface area contributed by atoms with Crippen molar-refractivity contribution in [2.24, 2.45) is 5.92 Å². The first-order valence-corrected chi connectivity index (χ1v) is 6.35. The molecule has 0 radical (unpaired) electrons. The second-order valence-electron chi connectivity index (χ2n) is 5.29. The van der Waals surface area contributed by atoms with Gasteiger partial charge in [0.2, 0.25) is 0 Å². The minimum Gasteiger partial charge on any atom is -0.480 e. The summed E-state index contributed by atoms with van der Waals surface area (Å²) in [6.45, 7) is 4.11. The summed E-state index contributed by atoms with van der Waals surface area (Å²) in [7, 11) is 0. The third-order valence-electron chi connectivity index (χ3n) is 4.33. The maximum atomic E-state index is 11.4. The maximum Gasteiger partial charge on any atom is 0.326 e. The molecule has 0 unspecified atom stereocenters. The quantitative estimate of drug-likeness (QED) is 0.746. The van der Waals surface area contributed by atoms with Crippen molar-refractivity contribution in [2.75, 3.05) is 5.32 Å². The second kappa shape index (κ2) is 3.87. The van der Waals surface area contributed by atoms with Gasteiger partial charge in [-0.05, 0) is 37.0 Å². The van der Waals surface area contributed by atoms with E-state index in [1.165, 1.54) is 11.1 Å². The van der Waals surface area contributed by atoms with Gasteiger partial charge in [-0.3, -0.25) is 0 Å². The molecule has 0 aromatic heterocycles. The fourth-order valence-electron chi connectivity index (χ4n) is 3.16. The number of anilines is 1. The normalized spacial score (nSPS) is 28.4. The van der Waals surface area contributed by atoms with Crippen molar-refractivity contribution in [1.82, 2.24) is 0 Å². The summed E-state index contributed by atoms with van der Waals surface area (Å²) in [4.78, 5) is 11.4. The van der Waals surface area contributed by atoms with E-state index in [4.69, 9.17) is 0 Å². The van der Waals surface area contributed by atoms with Gasteiger partial charge in [0.1, 0.15) is 6.04 Å². The third kappa shape index (κ3) is 1.47. The predicted octanol–water partition coefficient (Wildman–Crippen LogP) is 2.84. The largest absolute Gasteiger partial charge is 0.480 e. The van der Waals surface area contributed by atoms with E-state index in [9.17, 15) is 9.90 Å². The van der Waals surface area contributed by atoms with Gasteiger partial charge in [-0.15, -0.1) is 0 Å². The minimum absolute atomic E-state index is 0.150. The summed E-state index contributed by atoms with van der Waals surface area (Å²) in [6, 6.07) is 3.79. The molecule has 2 N–H and O–H groups in total. The molecule has 0 bridgehead atoms. The van der Waals surface area contributed by atoms with Gasteiger partial charge < -0.3 is 10.4 Å². The van der Waals surface area contributed by atoms with Crippen LogP contribution in [0, 0.1) is 19.8 Å². The van der Waals surface area contributed by atoms with Crippen molar-refractivity contribution in [3.05, 3.63) is 41.0 Å². The van der Waals surface area contributed by atoms with Crippen molar-refractivity contribution in [3.63, 3.8) is 0 Å². The number of rotatable bonds is 1. The van der Waals surface area contributed by atoms with Gasteiger partial charge in [-0.1, -0.05) is 24.3 Å². The van der Waals surface area contributed by atoms with Gasteiger partial charge in [-0.2, -0.15) is 0 Å². The zero-order valence-corrected chi connectivity index (χ0v) is 10.6. The first-order valence-electron chi connectivity index (χ1n) is 6.35. The van der Waals surface area contributed by atoms with Crippen LogP contribution in [0.2, 0.25) is 0 Å². The zero-order chi connectivity index (χ0) is 12.9. The van der Waals surface area contributed by atoms with Crippen LogP contribution in [-0.2, 0) is 4.79 Å². The highest BCUT2D eigenvalue weighted by atomic mass is 16.4. The summed E-state index contributed by atoms with van der Waals surface area (Å²) >= 11 is 0. The molecule has 94 valence electrons. The molecule has 0 saturated carbocycles. The number of allylic oxidation sites excluding steroid dienone is 2. The average molecular weight is 243 g/mol. The van der Waals surface area contributed by atoms with Gasteiger partial charge in [0.25, 0.3) is 0 Å². The monoisotopic (exact) mass is 243 g/mol. The average Bonchev–Trinajstić information content (AvgIpc) is 2.81. The smallest absolute Gasteiger partial charge is 0.326 e. The van der Waals surface area contributed by atoms with Gasteiger partial charge in [0.05, 0.1) is 0 Å². The number of benzene rings is 1. The van der Waals surface area contributed by atoms with Crippen molar-refractivity contribution < 1.29 is 9.90 Å². The molecule has 1 aromatic carbocycles. The molecule has 3 rings (SSSR count). The van der Waals surface area contributed by atoms with E-state index in [2.05, 4.69) is 43.4 Å². The lowest BCUT2D eigenvalue weighted by molar-refractivity contribution is -0.139. The number of fused-ring (bicyclic) bond motifs is 3. The topological polar surface area (TPSA) is 49.3 Å². The Bertz CT molecular complexity index is 548. The zero-order valence-electron chi connectivity index (χ0n) is 10.6. The van der Waals surface area contributed by atoms with E-state index < -0.39 is 12.0 Å². The predicted molar refractivity (Wildman–Crippen MR) is 71.0 cm³/mol. The Hall–Kier alpha value is -1.77. The van der Waals surface area contributed by atoms with E-state index in [0.29, 0.717) is 0 Å². The van der Waals surface area contributed by atoms with Crippen LogP contribution in [-0.4, -0.2) is 17.1 Å². The van der Waals surface area contributed by atoms with Crippen LogP contribution in [0.3, 0.4) is 0 Å². The number of aliphatic carboxylic acids is 1. The molecule has 1 aliphatic heterocycles. The summed E-state index contributed by atoms with van der Waals surface area (Å²) in [5.41, 5.74) is 4.63. The SMILES string of the molecule is Cc1ccc2c(c1C)N[C@H](C(=O)O)[C@@H]1CC=C[C@H]21. The van der Waals surface area contributed by atoms with Gasteiger partial charge in [0.15, 0.2) is 0 Å². The van der Waals surface area contributed by atoms with Crippen molar-refractivity contribution in [3.8, 4) is 0 Å². The molecular weight excluding hydrogens is 226 g/mol. The summed E-state index contributed by atoms with van der Waals surface area (Å²) in [5.74, 6) is -0.348. The Kier molecular flexibility index (Phi) is 2.44. The van der Waals surface area contributed by atoms with Crippen LogP contribution >= 0.6 is 0 Å². The highest BCUT2D eigenvalue weighted by Crippen LogP contribution is 2.46. The van der Waals surface area contributed by atoms with Crippen LogP contribution in [0.25, 0.3) is 0 Å². The molecule has 0 saturated heterocycles. The number of carbonyl (C=O) groups is 1. The summed E-state index contributed by atoms with van der Waals surface area (Å²) in [5, 5.41) is 12.6. The minimum atomic E-state index is -0.750. The molecule has 0 amide bonds. The lowest BCUT2D eigenvalue weighted by Gasteiger charge is -2.36. The van der Waals surface area contributed by atoms with Crippen LogP contribution in [0.4, 0.5) is 5.69 Å². The molecule has 1 heterocycles. The number of carboxylic acids is 1. The van der Waals surface area contributed by atoms with Crippen LogP contribution in [0.5, 0.6) is 0 Å². The Morgan fingerprint density at radius 1 is 1.39 bits per heavy atom. The molecule has 2 aliphatic rings. The molecule has 18 heavy (non-hydrogen) atoms. The summed E-state index contributed by atoms with van der Waals surface area (Å²) < 4.78 is 0. The van der Waals surface area contributed by atoms with Crippen molar-refractivity contribution >= 4 is 11.7 Å². The maximum absolute atomic E-state index is 11.4. The van der Waals surface area contributed by atoms with Crippen LogP contribution in [0.15, 0.2) is 24.3 Å². The molecule has 0 fully saturated rings. The number of nitrogens with one attached hydrogen (secondary N) is 1. The molecular formula is C15H17NO2. The van der Waals surface area contributed by atoms with Crippen LogP contribution in [0.1, 0.15) is 29.0 Å². The fraction of sp³-hybridized carbons (Fsp3) is 0.400. The molecule has 3 heteroatoms. The number of aryl methyl sites for hydroxylation is 1. The first kappa shape index (κ1) is 11.3. The van der Waals surface area contributed by atoms with Crippen molar-refractivity contribution in [2.45, 2.75) is 32.2 Å². The Morgan fingerprint density at radius 2 is 2.17 bits per heavy atom. The molecule has 1 aromatic rings. The molecule has 3 nitrogen and oxygen atoms in total. The Morgan fingerprint density at radius 3 is 2.89 bits per heavy atom. The number of carboxylic acid groups (broad SMARTS) is 1. The van der Waals surface area contributed by atoms with Gasteiger partial charge >= 0.3 is 5.97 Å². The van der Waals surface area contributed by atoms with Crippen molar-refractivity contribution in [1.29, 1.82) is 0 Å². The molecule has 0 spiro atoms. The number of hydrogen-bond donors (Lipinski definition) is 2. The second-order valence-corrected chi connectivity index (χ2v) is 5.29. The van der Waals surface area contributed by atoms with Gasteiger partial charge in [0, 0.05) is 17.5 Å². The van der Waals surface area contributed by atoms with E-state index in [-0.39, 0.29) is 11.8 Å². The Balaban J connectivity index is 2.14. The van der Waals surface area contributed by atoms with E-state index in [1.807, 2.05) is 0 Å². The van der Waals surface area contributed by atoms with Gasteiger partial charge in [-0.25, -0.2) is 4.79 Å². The number of hydrogen-bond acceptors (Lipinski definition) is 2. The van der Waals surface area contributed by atoms with Crippen LogP contribution < -0.4 is 5.32 Å². The molecule has 1 aliphatic carbocycles. The highest BCUT2D eigenvalue weighted by molar-refractivity contribution is 5.81. The lowest BCUT2D eigenvalue weighted by Crippen LogP contribution is -2.42. The standard InChI is InChI=1S/C15H17NO2/c1-8-6-7-12-10-4-3-5-11(10)14(15(17)18)16-13(12)9(8)2/h3-4,6-7,10-11,14,16H,5H2,1-2H3,(H,17,18)/t10-,11+,14-/m0/s1. The fourth-order valence-corrected chi connectivity index (χ4v) is 3.16. The summed E-state index contributed by atoms with van der Waals surface area (Å²) in [6.07, 6.45) is 5.12. The van der Waals surface area contributed by atoms with E-state index in [0.717, 1.165) is 17.7 Å².